The lowest BCUT2D eigenvalue weighted by molar-refractivity contribution is -0.121. The Bertz CT molecular complexity index is 318. The van der Waals surface area contributed by atoms with E-state index >= 15 is 0 Å². The maximum atomic E-state index is 11.7. The molecule has 1 amide bonds. The molecule has 0 aromatic carbocycles. The minimum atomic E-state index is 0.183. The molecular weight excluding hydrogens is 220 g/mol. The zero-order chi connectivity index (χ0) is 11.2. The molecule has 88 valence electrons. The van der Waals surface area contributed by atoms with E-state index in [0.29, 0.717) is 12.5 Å². The number of aryl methyl sites for hydroxylation is 1. The van der Waals surface area contributed by atoms with E-state index in [1.54, 1.807) is 11.3 Å². The van der Waals surface area contributed by atoms with Crippen LogP contribution in [0.2, 0.25) is 0 Å². The molecule has 3 nitrogen and oxygen atoms in total. The third-order valence-electron chi connectivity index (χ3n) is 2.84. The number of carbonyl (C=O) groups excluding carboxylic acids is 1. The fraction of sp³-hybridized carbons (Fsp3) is 0.583. The predicted molar refractivity (Wildman–Crippen MR) is 66.7 cm³/mol. The quantitative estimate of drug-likeness (QED) is 0.835. The van der Waals surface area contributed by atoms with Gasteiger partial charge in [0.15, 0.2) is 0 Å². The zero-order valence-electron chi connectivity index (χ0n) is 9.37. The smallest absolute Gasteiger partial charge is 0.220 e. The van der Waals surface area contributed by atoms with Crippen LogP contribution < -0.4 is 10.6 Å². The molecule has 0 radical (unpaired) electrons. The number of carbonyl (C=O) groups is 1. The first-order valence-corrected chi connectivity index (χ1v) is 6.75. The second-order valence-corrected chi connectivity index (χ2v) is 5.22. The lowest BCUT2D eigenvalue weighted by atomic mass is 10.1. The van der Waals surface area contributed by atoms with Crippen molar-refractivity contribution in [1.29, 1.82) is 0 Å². The molecule has 0 spiro atoms. The van der Waals surface area contributed by atoms with E-state index in [-0.39, 0.29) is 5.91 Å². The van der Waals surface area contributed by atoms with E-state index in [4.69, 9.17) is 0 Å². The normalized spacial score (nSPS) is 20.6. The lowest BCUT2D eigenvalue weighted by Crippen LogP contribution is -2.45. The molecule has 1 aromatic rings. The van der Waals surface area contributed by atoms with Gasteiger partial charge >= 0.3 is 0 Å². The van der Waals surface area contributed by atoms with Gasteiger partial charge in [0.05, 0.1) is 0 Å². The van der Waals surface area contributed by atoms with Crippen LogP contribution in [0.3, 0.4) is 0 Å². The fourth-order valence-corrected chi connectivity index (χ4v) is 2.68. The van der Waals surface area contributed by atoms with Gasteiger partial charge in [0.25, 0.3) is 0 Å². The Labute approximate surface area is 100 Å². The van der Waals surface area contributed by atoms with Crippen molar-refractivity contribution in [2.75, 3.05) is 13.1 Å². The van der Waals surface area contributed by atoms with Crippen molar-refractivity contribution in [1.82, 2.24) is 10.6 Å². The van der Waals surface area contributed by atoms with Gasteiger partial charge in [0.2, 0.25) is 5.91 Å². The van der Waals surface area contributed by atoms with Crippen molar-refractivity contribution in [3.05, 3.63) is 22.4 Å². The fourth-order valence-electron chi connectivity index (χ4n) is 1.97. The van der Waals surface area contributed by atoms with Gasteiger partial charge in [0.1, 0.15) is 0 Å². The number of hydrogen-bond donors (Lipinski definition) is 2. The average Bonchev–Trinajstić information content (AvgIpc) is 2.81. The van der Waals surface area contributed by atoms with Crippen LogP contribution in [0.25, 0.3) is 0 Å². The van der Waals surface area contributed by atoms with Gasteiger partial charge in [-0.2, -0.15) is 0 Å². The summed E-state index contributed by atoms with van der Waals surface area (Å²) < 4.78 is 0. The molecule has 0 saturated carbocycles. The minimum Gasteiger partial charge on any atom is -0.352 e. The first kappa shape index (κ1) is 11.6. The third-order valence-corrected chi connectivity index (χ3v) is 3.78. The van der Waals surface area contributed by atoms with Gasteiger partial charge < -0.3 is 10.6 Å². The van der Waals surface area contributed by atoms with Gasteiger partial charge in [-0.05, 0) is 37.3 Å². The van der Waals surface area contributed by atoms with Crippen LogP contribution in [0.5, 0.6) is 0 Å². The van der Waals surface area contributed by atoms with Crippen molar-refractivity contribution in [2.24, 2.45) is 0 Å². The molecular formula is C12H18N2OS. The van der Waals surface area contributed by atoms with E-state index in [2.05, 4.69) is 22.1 Å². The largest absolute Gasteiger partial charge is 0.352 e. The van der Waals surface area contributed by atoms with E-state index in [9.17, 15) is 4.79 Å². The summed E-state index contributed by atoms with van der Waals surface area (Å²) in [5.74, 6) is 0.183. The highest BCUT2D eigenvalue weighted by molar-refractivity contribution is 7.09. The maximum Gasteiger partial charge on any atom is 0.220 e. The van der Waals surface area contributed by atoms with Gasteiger partial charge in [-0.3, -0.25) is 4.79 Å². The molecule has 1 unspecified atom stereocenters. The molecule has 1 atom stereocenters. The highest BCUT2D eigenvalue weighted by Crippen LogP contribution is 2.11. The Kier molecular flexibility index (Phi) is 4.36. The van der Waals surface area contributed by atoms with Gasteiger partial charge in [0, 0.05) is 23.9 Å². The summed E-state index contributed by atoms with van der Waals surface area (Å²) in [6, 6.07) is 4.45. The Morgan fingerprint density at radius 2 is 2.56 bits per heavy atom. The summed E-state index contributed by atoms with van der Waals surface area (Å²) in [6.45, 7) is 2.01. The van der Waals surface area contributed by atoms with Crippen molar-refractivity contribution in [3.8, 4) is 0 Å². The predicted octanol–water partition coefficient (Wildman–Crippen LogP) is 1.55. The SMILES string of the molecule is O=C(CCc1cccs1)NC1CCCNC1. The van der Waals surface area contributed by atoms with Crippen LogP contribution in [-0.2, 0) is 11.2 Å². The second kappa shape index (κ2) is 6.01. The van der Waals surface area contributed by atoms with Gasteiger partial charge in [-0.1, -0.05) is 6.07 Å². The molecule has 0 bridgehead atoms. The number of amides is 1. The molecule has 1 aliphatic heterocycles. The van der Waals surface area contributed by atoms with Crippen LogP contribution in [0, 0.1) is 0 Å². The molecule has 16 heavy (non-hydrogen) atoms. The Balaban J connectivity index is 1.67. The molecule has 2 N–H and O–H groups in total. The molecule has 2 heterocycles. The van der Waals surface area contributed by atoms with Crippen molar-refractivity contribution in [2.45, 2.75) is 31.7 Å². The average molecular weight is 238 g/mol. The van der Waals surface area contributed by atoms with E-state index in [1.807, 2.05) is 6.07 Å². The zero-order valence-corrected chi connectivity index (χ0v) is 10.2. The monoisotopic (exact) mass is 238 g/mol. The summed E-state index contributed by atoms with van der Waals surface area (Å²) in [5, 5.41) is 8.44. The Morgan fingerprint density at radius 1 is 1.62 bits per heavy atom. The molecule has 2 rings (SSSR count). The summed E-state index contributed by atoms with van der Waals surface area (Å²) >= 11 is 1.72. The first-order valence-electron chi connectivity index (χ1n) is 5.87. The van der Waals surface area contributed by atoms with E-state index in [1.165, 1.54) is 4.88 Å². The van der Waals surface area contributed by atoms with Gasteiger partial charge in [-0.15, -0.1) is 11.3 Å². The van der Waals surface area contributed by atoms with E-state index in [0.717, 1.165) is 32.4 Å². The van der Waals surface area contributed by atoms with Crippen molar-refractivity contribution < 1.29 is 4.79 Å². The topological polar surface area (TPSA) is 41.1 Å². The minimum absolute atomic E-state index is 0.183. The highest BCUT2D eigenvalue weighted by atomic mass is 32.1. The van der Waals surface area contributed by atoms with Crippen molar-refractivity contribution in [3.63, 3.8) is 0 Å². The van der Waals surface area contributed by atoms with Crippen LogP contribution in [0.15, 0.2) is 17.5 Å². The summed E-state index contributed by atoms with van der Waals surface area (Å²) in [4.78, 5) is 13.0. The molecule has 1 aliphatic rings. The third kappa shape index (κ3) is 3.61. The number of thiophene rings is 1. The van der Waals surface area contributed by atoms with Gasteiger partial charge in [-0.25, -0.2) is 0 Å². The lowest BCUT2D eigenvalue weighted by Gasteiger charge is -2.23. The molecule has 0 aliphatic carbocycles. The molecule has 4 heteroatoms. The Hall–Kier alpha value is -0.870. The van der Waals surface area contributed by atoms with Crippen LogP contribution >= 0.6 is 11.3 Å². The second-order valence-electron chi connectivity index (χ2n) is 4.19. The maximum absolute atomic E-state index is 11.7. The number of piperidine rings is 1. The summed E-state index contributed by atoms with van der Waals surface area (Å²) in [7, 11) is 0. The standard InChI is InChI=1S/C12H18N2OS/c15-12(6-5-11-4-2-8-16-11)14-10-3-1-7-13-9-10/h2,4,8,10,13H,1,3,5-7,9H2,(H,14,15). The molecule has 1 saturated heterocycles. The van der Waals surface area contributed by atoms with Crippen LogP contribution in [0.4, 0.5) is 0 Å². The first-order chi connectivity index (χ1) is 7.84. The summed E-state index contributed by atoms with van der Waals surface area (Å²) in [5.41, 5.74) is 0. The van der Waals surface area contributed by atoms with Crippen molar-refractivity contribution >= 4 is 17.2 Å². The number of nitrogens with one attached hydrogen (secondary N) is 2. The molecule has 1 aromatic heterocycles. The van der Waals surface area contributed by atoms with E-state index < -0.39 is 0 Å². The Morgan fingerprint density at radius 3 is 3.25 bits per heavy atom. The highest BCUT2D eigenvalue weighted by Gasteiger charge is 2.14. The molecule has 1 fully saturated rings. The summed E-state index contributed by atoms with van der Waals surface area (Å²) in [6.07, 6.45) is 3.74. The number of rotatable bonds is 4. The number of hydrogen-bond acceptors (Lipinski definition) is 3. The van der Waals surface area contributed by atoms with Crippen LogP contribution in [-0.4, -0.2) is 25.0 Å². The van der Waals surface area contributed by atoms with Crippen LogP contribution in [0.1, 0.15) is 24.1 Å².